The fraction of sp³-hybridized carbons (Fsp3) is 0.767. The van der Waals surface area contributed by atoms with Gasteiger partial charge in [0.25, 0.3) is 0 Å². The van der Waals surface area contributed by atoms with Crippen LogP contribution in [0.3, 0.4) is 0 Å². The van der Waals surface area contributed by atoms with Gasteiger partial charge in [-0.15, -0.1) is 0 Å². The molecule has 5 fully saturated rings. The van der Waals surface area contributed by atoms with Crippen molar-refractivity contribution in [2.24, 2.45) is 33.5 Å². The molecule has 0 radical (unpaired) electrons. The van der Waals surface area contributed by atoms with Crippen molar-refractivity contribution in [1.82, 2.24) is 0 Å². The third-order valence-corrected chi connectivity index (χ3v) is 12.1. The summed E-state index contributed by atoms with van der Waals surface area (Å²) >= 11 is 0. The van der Waals surface area contributed by atoms with Crippen molar-refractivity contribution in [2.75, 3.05) is 0 Å². The second-order valence-electron chi connectivity index (χ2n) is 13.8. The number of ether oxygens (including phenoxy) is 3. The van der Waals surface area contributed by atoms with E-state index in [0.29, 0.717) is 12.8 Å². The molecule has 0 amide bonds. The zero-order chi connectivity index (χ0) is 27.6. The van der Waals surface area contributed by atoms with Crippen molar-refractivity contribution in [1.29, 1.82) is 0 Å². The summed E-state index contributed by atoms with van der Waals surface area (Å²) in [7, 11) is 0. The molecule has 8 heteroatoms. The van der Waals surface area contributed by atoms with E-state index in [9.17, 15) is 19.5 Å². The quantitative estimate of drug-likeness (QED) is 0.459. The lowest BCUT2D eigenvalue weighted by molar-refractivity contribution is -0.287. The van der Waals surface area contributed by atoms with Crippen LogP contribution in [0.15, 0.2) is 23.0 Å². The van der Waals surface area contributed by atoms with Crippen LogP contribution in [0.4, 0.5) is 0 Å². The summed E-state index contributed by atoms with van der Waals surface area (Å²) in [6.45, 7) is 13.4. The number of Topliss-reactive ketones (excluding diaryl/α,β-unsaturated/α-hetero) is 1. The Morgan fingerprint density at radius 3 is 2.26 bits per heavy atom. The molecule has 0 aromatic carbocycles. The summed E-state index contributed by atoms with van der Waals surface area (Å²) in [5.41, 5.74) is -2.20. The third-order valence-electron chi connectivity index (χ3n) is 12.1. The largest absolute Gasteiger partial charge is 0.472 e. The van der Waals surface area contributed by atoms with E-state index in [4.69, 9.17) is 18.6 Å². The van der Waals surface area contributed by atoms with E-state index in [0.717, 1.165) is 18.4 Å². The predicted molar refractivity (Wildman–Crippen MR) is 135 cm³/mol. The highest BCUT2D eigenvalue weighted by molar-refractivity contribution is 5.98. The molecule has 1 saturated heterocycles. The summed E-state index contributed by atoms with van der Waals surface area (Å²) in [6, 6.07) is 1.87. The van der Waals surface area contributed by atoms with Crippen LogP contribution in [0.5, 0.6) is 0 Å². The lowest BCUT2D eigenvalue weighted by Gasteiger charge is -2.70. The number of aliphatic hydroxyl groups excluding tert-OH is 1. The highest BCUT2D eigenvalue weighted by Gasteiger charge is 2.90. The van der Waals surface area contributed by atoms with Crippen molar-refractivity contribution in [3.8, 4) is 0 Å². The Balaban J connectivity index is 1.50. The number of fused-ring (bicyclic) bond motifs is 3. The molecule has 1 aliphatic heterocycles. The lowest BCUT2D eigenvalue weighted by Crippen LogP contribution is -2.73. The van der Waals surface area contributed by atoms with E-state index < -0.39 is 51.7 Å². The minimum atomic E-state index is -0.813. The van der Waals surface area contributed by atoms with Gasteiger partial charge in [0.05, 0.1) is 24.5 Å². The number of hydrogen-bond acceptors (Lipinski definition) is 8. The Morgan fingerprint density at radius 2 is 1.66 bits per heavy atom. The number of epoxide rings is 1. The van der Waals surface area contributed by atoms with Gasteiger partial charge < -0.3 is 23.7 Å². The highest BCUT2D eigenvalue weighted by Crippen LogP contribution is 2.82. The van der Waals surface area contributed by atoms with Crippen molar-refractivity contribution in [2.45, 2.75) is 110 Å². The molecule has 11 unspecified atom stereocenters. The first kappa shape index (κ1) is 26.1. The maximum absolute atomic E-state index is 13.9. The maximum atomic E-state index is 13.9. The number of carbonyl (C=O) groups is 3. The van der Waals surface area contributed by atoms with E-state index in [2.05, 4.69) is 34.6 Å². The van der Waals surface area contributed by atoms with Crippen LogP contribution in [-0.2, 0) is 28.6 Å². The minimum absolute atomic E-state index is 0.0593. The molecule has 1 N–H and O–H groups in total. The van der Waals surface area contributed by atoms with Crippen molar-refractivity contribution in [3.05, 3.63) is 24.2 Å². The standard InChI is InChI=1S/C30H40O8/c1-15(31)36-21-13-20(33)28(6)18-8-10-27(5)23(17-9-11-35-14-17)24(34)25-30(27,38-25)29(18,7)22(37-16(2)32)12-19(28)26(21,3)4/h9,11,14,18-23,25,33H,8,10,12-13H2,1-7H3. The summed E-state index contributed by atoms with van der Waals surface area (Å²) < 4.78 is 23.8. The fourth-order valence-corrected chi connectivity index (χ4v) is 10.6. The number of rotatable bonds is 3. The van der Waals surface area contributed by atoms with Gasteiger partial charge in [0.1, 0.15) is 23.9 Å². The van der Waals surface area contributed by atoms with Crippen LogP contribution in [0, 0.1) is 33.5 Å². The Morgan fingerprint density at radius 1 is 1.00 bits per heavy atom. The molecule has 6 rings (SSSR count). The van der Waals surface area contributed by atoms with Gasteiger partial charge >= 0.3 is 11.9 Å². The van der Waals surface area contributed by atoms with E-state index in [1.807, 2.05) is 6.07 Å². The summed E-state index contributed by atoms with van der Waals surface area (Å²) in [6.07, 6.45) is 3.29. The minimum Gasteiger partial charge on any atom is -0.472 e. The summed E-state index contributed by atoms with van der Waals surface area (Å²) in [5, 5.41) is 11.8. The van der Waals surface area contributed by atoms with Crippen LogP contribution < -0.4 is 0 Å². The fourth-order valence-electron chi connectivity index (χ4n) is 10.6. The maximum Gasteiger partial charge on any atom is 0.302 e. The Hall–Kier alpha value is -2.19. The second-order valence-corrected chi connectivity index (χ2v) is 13.8. The van der Waals surface area contributed by atoms with E-state index in [-0.39, 0.29) is 35.5 Å². The van der Waals surface area contributed by atoms with Gasteiger partial charge in [0.2, 0.25) is 0 Å². The molecule has 4 saturated carbocycles. The van der Waals surface area contributed by atoms with Crippen molar-refractivity contribution >= 4 is 17.7 Å². The SMILES string of the molecule is CC(=O)OC1CC(O)C2(C)C(CC(OC(C)=O)C3(C)C2CCC2(C)C(c4ccoc4)C(=O)C4OC423)C1(C)C. The highest BCUT2D eigenvalue weighted by atomic mass is 16.6. The van der Waals surface area contributed by atoms with Crippen LogP contribution in [0.25, 0.3) is 0 Å². The van der Waals surface area contributed by atoms with Crippen LogP contribution >= 0.6 is 0 Å². The molecule has 1 spiro atoms. The molecular weight excluding hydrogens is 488 g/mol. The average Bonchev–Trinajstić information content (AvgIpc) is 3.30. The molecule has 208 valence electrons. The average molecular weight is 529 g/mol. The van der Waals surface area contributed by atoms with Crippen LogP contribution in [-0.4, -0.2) is 52.8 Å². The lowest BCUT2D eigenvalue weighted by atomic mass is 9.35. The third kappa shape index (κ3) is 2.81. The normalized spacial score (nSPS) is 50.2. The number of aliphatic hydroxyl groups is 1. The molecule has 2 heterocycles. The van der Waals surface area contributed by atoms with Crippen molar-refractivity contribution in [3.63, 3.8) is 0 Å². The molecule has 1 aromatic rings. The molecule has 1 aromatic heterocycles. The molecule has 8 nitrogen and oxygen atoms in total. The number of ketones is 1. The van der Waals surface area contributed by atoms with Crippen LogP contribution in [0.2, 0.25) is 0 Å². The summed E-state index contributed by atoms with van der Waals surface area (Å²) in [4.78, 5) is 38.4. The summed E-state index contributed by atoms with van der Waals surface area (Å²) in [5.74, 6) is -1.22. The van der Waals surface area contributed by atoms with Gasteiger partial charge in [0, 0.05) is 47.5 Å². The zero-order valence-corrected chi connectivity index (χ0v) is 23.4. The Labute approximate surface area is 223 Å². The van der Waals surface area contributed by atoms with Gasteiger partial charge in [-0.3, -0.25) is 14.4 Å². The van der Waals surface area contributed by atoms with Gasteiger partial charge in [-0.2, -0.15) is 0 Å². The smallest absolute Gasteiger partial charge is 0.302 e. The molecule has 38 heavy (non-hydrogen) atoms. The predicted octanol–water partition coefficient (Wildman–Crippen LogP) is 4.19. The zero-order valence-electron chi connectivity index (χ0n) is 23.4. The number of carbonyl (C=O) groups excluding carboxylic acids is 3. The Kier molecular flexibility index (Phi) is 5.29. The molecule has 5 aliphatic rings. The topological polar surface area (TPSA) is 116 Å². The number of esters is 2. The van der Waals surface area contributed by atoms with E-state index >= 15 is 0 Å². The molecule has 0 bridgehead atoms. The number of furan rings is 1. The van der Waals surface area contributed by atoms with E-state index in [1.165, 1.54) is 13.8 Å². The van der Waals surface area contributed by atoms with Gasteiger partial charge in [-0.1, -0.05) is 34.6 Å². The molecular formula is C30H40O8. The monoisotopic (exact) mass is 528 g/mol. The molecule has 4 aliphatic carbocycles. The first-order valence-electron chi connectivity index (χ1n) is 13.9. The number of hydrogen-bond donors (Lipinski definition) is 1. The van der Waals surface area contributed by atoms with Gasteiger partial charge in [-0.05, 0) is 37.2 Å². The first-order valence-corrected chi connectivity index (χ1v) is 13.9. The van der Waals surface area contributed by atoms with Crippen LogP contribution in [0.1, 0.15) is 85.6 Å². The Bertz CT molecular complexity index is 1190. The van der Waals surface area contributed by atoms with Gasteiger partial charge in [-0.25, -0.2) is 0 Å². The molecule has 11 atom stereocenters. The second kappa shape index (κ2) is 7.72. The first-order chi connectivity index (χ1) is 17.7. The van der Waals surface area contributed by atoms with Gasteiger partial charge in [0.15, 0.2) is 5.78 Å². The van der Waals surface area contributed by atoms with E-state index in [1.54, 1.807) is 12.5 Å². The van der Waals surface area contributed by atoms with Crippen molar-refractivity contribution < 1.29 is 38.1 Å².